The van der Waals surface area contributed by atoms with Crippen molar-refractivity contribution in [1.29, 1.82) is 0 Å². The number of carbonyl (C=O) groups excluding carboxylic acids is 1. The second-order valence-corrected chi connectivity index (χ2v) is 7.30. The predicted octanol–water partition coefficient (Wildman–Crippen LogP) is 1.77. The van der Waals surface area contributed by atoms with E-state index in [1.165, 1.54) is 42.9 Å². The van der Waals surface area contributed by atoms with Crippen molar-refractivity contribution < 1.29 is 9.69 Å². The van der Waals surface area contributed by atoms with Gasteiger partial charge in [0.05, 0.1) is 18.8 Å². The molecular formula is C17H21BrN3O+. The van der Waals surface area contributed by atoms with Gasteiger partial charge < -0.3 is 4.90 Å². The molecule has 116 valence electrons. The van der Waals surface area contributed by atoms with Crippen molar-refractivity contribution in [1.82, 2.24) is 10.4 Å². The second-order valence-electron chi connectivity index (χ2n) is 6.39. The highest BCUT2D eigenvalue weighted by molar-refractivity contribution is 9.10. The Hall–Kier alpha value is -1.33. The molecule has 4 aliphatic heterocycles. The lowest BCUT2D eigenvalue weighted by molar-refractivity contribution is -0.875. The van der Waals surface area contributed by atoms with Gasteiger partial charge in [0.2, 0.25) is 5.91 Å². The van der Waals surface area contributed by atoms with Gasteiger partial charge in [0.1, 0.15) is 0 Å². The number of halogens is 1. The molecule has 2 N–H and O–H groups in total. The minimum absolute atomic E-state index is 0.0497. The van der Waals surface area contributed by atoms with E-state index in [2.05, 4.69) is 45.6 Å². The zero-order valence-electron chi connectivity index (χ0n) is 12.7. The van der Waals surface area contributed by atoms with E-state index < -0.39 is 0 Å². The zero-order valence-corrected chi connectivity index (χ0v) is 14.3. The first-order valence-corrected chi connectivity index (χ1v) is 8.91. The lowest BCUT2D eigenvalue weighted by Crippen LogP contribution is -3.13. The van der Waals surface area contributed by atoms with E-state index in [-0.39, 0.29) is 11.9 Å². The Morgan fingerprint density at radius 3 is 2.64 bits per heavy atom. The van der Waals surface area contributed by atoms with Gasteiger partial charge in [0, 0.05) is 29.7 Å². The third kappa shape index (κ3) is 2.10. The van der Waals surface area contributed by atoms with Crippen LogP contribution in [0.15, 0.2) is 40.1 Å². The number of rotatable bonds is 2. The number of hydrogen-bond acceptors (Lipinski definition) is 2. The number of hydrazine groups is 1. The Labute approximate surface area is 139 Å². The SMILES string of the molecule is CCC(=O)N1NC2=C(C1c1ccc(Br)cc1)[NH+]1CCC2CC1. The number of quaternary nitrogens is 1. The van der Waals surface area contributed by atoms with E-state index in [1.54, 1.807) is 4.90 Å². The average Bonchev–Trinajstić information content (AvgIpc) is 2.98. The Kier molecular flexibility index (Phi) is 3.50. The fraction of sp³-hybridized carbons (Fsp3) is 0.471. The van der Waals surface area contributed by atoms with E-state index in [0.29, 0.717) is 12.3 Å². The van der Waals surface area contributed by atoms with Crippen LogP contribution in [0, 0.1) is 5.92 Å². The lowest BCUT2D eigenvalue weighted by atomic mass is 9.85. The maximum Gasteiger partial charge on any atom is 0.241 e. The van der Waals surface area contributed by atoms with Crippen molar-refractivity contribution in [3.05, 3.63) is 45.7 Å². The molecule has 1 amide bonds. The van der Waals surface area contributed by atoms with E-state index in [4.69, 9.17) is 0 Å². The summed E-state index contributed by atoms with van der Waals surface area (Å²) >= 11 is 3.50. The number of piperidine rings is 1. The van der Waals surface area contributed by atoms with E-state index in [1.807, 2.05) is 11.9 Å². The molecule has 0 aromatic heterocycles. The summed E-state index contributed by atoms with van der Waals surface area (Å²) in [5.41, 5.74) is 7.40. The molecule has 1 atom stereocenters. The molecule has 1 fully saturated rings. The maximum atomic E-state index is 12.5. The van der Waals surface area contributed by atoms with Gasteiger partial charge in [-0.1, -0.05) is 35.0 Å². The van der Waals surface area contributed by atoms with Gasteiger partial charge in [0.15, 0.2) is 11.7 Å². The number of nitrogens with zero attached hydrogens (tertiary/aromatic N) is 1. The third-order valence-corrected chi connectivity index (χ3v) is 5.73. The molecule has 22 heavy (non-hydrogen) atoms. The summed E-state index contributed by atoms with van der Waals surface area (Å²) in [7, 11) is 0. The van der Waals surface area contributed by atoms with Crippen molar-refractivity contribution in [2.75, 3.05) is 13.1 Å². The van der Waals surface area contributed by atoms with Crippen LogP contribution in [-0.2, 0) is 4.79 Å². The third-order valence-electron chi connectivity index (χ3n) is 5.20. The molecule has 0 spiro atoms. The van der Waals surface area contributed by atoms with Crippen LogP contribution in [0.4, 0.5) is 0 Å². The number of nitrogens with one attached hydrogen (secondary N) is 2. The van der Waals surface area contributed by atoms with Crippen LogP contribution < -0.4 is 10.3 Å². The van der Waals surface area contributed by atoms with E-state index >= 15 is 0 Å². The van der Waals surface area contributed by atoms with E-state index in [9.17, 15) is 4.79 Å². The highest BCUT2D eigenvalue weighted by Crippen LogP contribution is 2.39. The molecule has 0 saturated carbocycles. The first-order valence-electron chi connectivity index (χ1n) is 8.12. The van der Waals surface area contributed by atoms with Crippen LogP contribution in [0.1, 0.15) is 37.8 Å². The molecule has 4 nitrogen and oxygen atoms in total. The molecule has 0 radical (unpaired) electrons. The van der Waals surface area contributed by atoms with Gasteiger partial charge in [-0.05, 0) is 17.7 Å². The fourth-order valence-electron chi connectivity index (χ4n) is 4.09. The summed E-state index contributed by atoms with van der Waals surface area (Å²) < 4.78 is 1.07. The topological polar surface area (TPSA) is 36.8 Å². The van der Waals surface area contributed by atoms with Crippen molar-refractivity contribution in [3.8, 4) is 0 Å². The molecule has 5 heteroatoms. The van der Waals surface area contributed by atoms with Gasteiger partial charge in [-0.3, -0.25) is 10.2 Å². The Morgan fingerprint density at radius 2 is 2.00 bits per heavy atom. The highest BCUT2D eigenvalue weighted by Gasteiger charge is 2.49. The number of fused-ring (bicyclic) bond motifs is 2. The minimum Gasteiger partial charge on any atom is -0.302 e. The van der Waals surface area contributed by atoms with Gasteiger partial charge in [-0.25, -0.2) is 5.01 Å². The van der Waals surface area contributed by atoms with Crippen molar-refractivity contribution in [3.63, 3.8) is 0 Å². The van der Waals surface area contributed by atoms with Crippen molar-refractivity contribution in [2.24, 2.45) is 5.92 Å². The summed E-state index contributed by atoms with van der Waals surface area (Å²) in [5, 5.41) is 1.87. The first kappa shape index (κ1) is 14.3. The summed E-state index contributed by atoms with van der Waals surface area (Å²) in [6.07, 6.45) is 3.01. The molecule has 5 rings (SSSR count). The molecular weight excluding hydrogens is 342 g/mol. The molecule has 4 heterocycles. The summed E-state index contributed by atoms with van der Waals surface area (Å²) in [6, 6.07) is 8.44. The quantitative estimate of drug-likeness (QED) is 0.841. The summed E-state index contributed by atoms with van der Waals surface area (Å²) in [4.78, 5) is 14.0. The average molecular weight is 363 g/mol. The van der Waals surface area contributed by atoms with Crippen LogP contribution in [0.5, 0.6) is 0 Å². The molecule has 0 aliphatic carbocycles. The second kappa shape index (κ2) is 5.39. The maximum absolute atomic E-state index is 12.5. The van der Waals surface area contributed by atoms with Crippen molar-refractivity contribution >= 4 is 21.8 Å². The van der Waals surface area contributed by atoms with Crippen LogP contribution in [0.2, 0.25) is 0 Å². The van der Waals surface area contributed by atoms with Gasteiger partial charge >= 0.3 is 0 Å². The smallest absolute Gasteiger partial charge is 0.241 e. The largest absolute Gasteiger partial charge is 0.302 e. The summed E-state index contributed by atoms with van der Waals surface area (Å²) in [5.74, 6) is 0.780. The molecule has 1 unspecified atom stereocenters. The normalized spacial score (nSPS) is 29.5. The van der Waals surface area contributed by atoms with Crippen molar-refractivity contribution in [2.45, 2.75) is 32.2 Å². The molecule has 4 aliphatic rings. The number of amides is 1. The molecule has 1 aromatic carbocycles. The lowest BCUT2D eigenvalue weighted by Gasteiger charge is -2.36. The number of allylic oxidation sites excluding steroid dienone is 1. The van der Waals surface area contributed by atoms with Crippen LogP contribution in [0.25, 0.3) is 0 Å². The van der Waals surface area contributed by atoms with Gasteiger partial charge in [-0.2, -0.15) is 0 Å². The molecule has 1 aromatic rings. The first-order chi connectivity index (χ1) is 10.7. The Morgan fingerprint density at radius 1 is 1.32 bits per heavy atom. The number of carbonyl (C=O) groups is 1. The van der Waals surface area contributed by atoms with Gasteiger partial charge in [-0.15, -0.1) is 0 Å². The zero-order chi connectivity index (χ0) is 15.3. The van der Waals surface area contributed by atoms with Crippen LogP contribution in [-0.4, -0.2) is 24.0 Å². The minimum atomic E-state index is 0.0497. The molecule has 2 bridgehead atoms. The van der Waals surface area contributed by atoms with Crippen LogP contribution >= 0.6 is 15.9 Å². The highest BCUT2D eigenvalue weighted by atomic mass is 79.9. The fourth-order valence-corrected chi connectivity index (χ4v) is 4.35. The predicted molar refractivity (Wildman–Crippen MR) is 87.6 cm³/mol. The Bertz CT molecular complexity index is 632. The monoisotopic (exact) mass is 362 g/mol. The standard InChI is InChI=1S/C17H20BrN3O/c1-2-14(22)21-16(12-3-5-13(18)6-4-12)17-15(19-21)11-7-9-20(17)10-8-11/h3-6,11,16,19H,2,7-10H2,1H3/p+1. The molecule has 1 saturated heterocycles. The number of hydrogen-bond donors (Lipinski definition) is 2. The van der Waals surface area contributed by atoms with Crippen LogP contribution in [0.3, 0.4) is 0 Å². The van der Waals surface area contributed by atoms with Gasteiger partial charge in [0.25, 0.3) is 0 Å². The Balaban J connectivity index is 1.79. The summed E-state index contributed by atoms with van der Waals surface area (Å²) in [6.45, 7) is 4.33. The number of benzene rings is 1. The van der Waals surface area contributed by atoms with E-state index in [0.717, 1.165) is 4.47 Å².